The number of benzene rings is 4. The van der Waals surface area contributed by atoms with Crippen LogP contribution in [0.2, 0.25) is 0 Å². The number of hydrogen-bond donors (Lipinski definition) is 3. The predicted molar refractivity (Wildman–Crippen MR) is 253 cm³/mol. The summed E-state index contributed by atoms with van der Waals surface area (Å²) in [6.45, 7) is 6.22. The normalized spacial score (nSPS) is 21.8. The molecule has 2 aliphatic carbocycles. The average Bonchev–Trinajstić information content (AvgIpc) is 3.36. The minimum atomic E-state index is -1.61. The number of hydrogen-bond acceptors (Lipinski definition) is 12. The fraction of sp³-hybridized carbons (Fsp3) is 0.396. The maximum absolute atomic E-state index is 15.2. The minimum absolute atomic E-state index is 0.0122. The van der Waals surface area contributed by atoms with Crippen molar-refractivity contribution in [3.05, 3.63) is 137 Å². The Morgan fingerprint density at radius 1 is 0.971 bits per heavy atom. The molecule has 4 aromatic rings. The molecule has 1 saturated carbocycles. The number of methoxy groups -OCH3 is 2. The van der Waals surface area contributed by atoms with Gasteiger partial charge in [-0.1, -0.05) is 42.3 Å². The van der Waals surface area contributed by atoms with Gasteiger partial charge in [0.2, 0.25) is 5.79 Å². The molecule has 0 radical (unpaired) electrons. The fourth-order valence-corrected chi connectivity index (χ4v) is 9.96. The van der Waals surface area contributed by atoms with Gasteiger partial charge in [-0.2, -0.15) is 5.26 Å². The zero-order chi connectivity index (χ0) is 48.2. The van der Waals surface area contributed by atoms with E-state index < -0.39 is 35.6 Å². The molecule has 0 aromatic heterocycles. The summed E-state index contributed by atoms with van der Waals surface area (Å²) in [5.41, 5.74) is 3.87. The summed E-state index contributed by atoms with van der Waals surface area (Å²) in [4.78, 5) is 36.4. The standard InChI is InChI=1S/C53H59FN4O10/c1-5-27-65-53-48(58(33-35-15-19-38(54)20-16-35)51(61)36-17-13-34(32-55)14-18-36)31-45(57-66-6-2)42-28-37(11-7-9-25-59)41(12-8-10-26-60)49(50(42)53)43-29-40(22-24-46(43)68-53)67-52(62)56-44-23-21-39(63-3)30-47(44)64-4/h5,13-24,28-30,37,41,48-50,59-60H,1,6-12,25-27,31,33H2,2-4H3,(H,56,62)/t37-,41+,48-,49+,50+,53+/m0/s1. The van der Waals surface area contributed by atoms with Crippen LogP contribution in [0.1, 0.15) is 84.8 Å². The number of anilines is 1. The second kappa shape index (κ2) is 22.8. The molecule has 14 nitrogen and oxygen atoms in total. The van der Waals surface area contributed by atoms with E-state index in [4.69, 9.17) is 33.7 Å². The lowest BCUT2D eigenvalue weighted by atomic mass is 9.55. The summed E-state index contributed by atoms with van der Waals surface area (Å²) >= 11 is 0. The molecule has 6 atom stereocenters. The Morgan fingerprint density at radius 3 is 2.38 bits per heavy atom. The quantitative estimate of drug-likeness (QED) is 0.0412. The van der Waals surface area contributed by atoms with Gasteiger partial charge in [-0.25, -0.2) is 9.18 Å². The Balaban J connectivity index is 1.43. The molecule has 3 N–H and O–H groups in total. The zero-order valence-corrected chi connectivity index (χ0v) is 38.7. The first-order chi connectivity index (χ1) is 33.1. The summed E-state index contributed by atoms with van der Waals surface area (Å²) in [7, 11) is 3.02. The highest BCUT2D eigenvalue weighted by Gasteiger charge is 2.65. The van der Waals surface area contributed by atoms with Gasteiger partial charge in [-0.05, 0) is 122 Å². The van der Waals surface area contributed by atoms with E-state index in [0.717, 1.165) is 24.0 Å². The van der Waals surface area contributed by atoms with E-state index in [2.05, 4.69) is 24.0 Å². The molecule has 4 aromatic carbocycles. The largest absolute Gasteiger partial charge is 0.497 e. The predicted octanol–water partition coefficient (Wildman–Crippen LogP) is 9.32. The molecule has 7 rings (SSSR count). The van der Waals surface area contributed by atoms with Gasteiger partial charge in [-0.15, -0.1) is 6.58 Å². The van der Waals surface area contributed by atoms with Crippen molar-refractivity contribution in [2.24, 2.45) is 22.9 Å². The number of rotatable bonds is 21. The SMILES string of the molecule is C=CCO[C@@]12Oc3ccc(OC(=O)Nc4ccc(OC)cc4OC)cc3[C@H]3[C@H](CCCCO)[C@@H](CCCCO)C=C(C(=NOCC)C[C@@H]1N(Cc1ccc(F)cc1)C(=O)c1ccc(C#N)cc1)[C@H]32. The van der Waals surface area contributed by atoms with Crippen LogP contribution in [0.15, 0.2) is 114 Å². The molecule has 1 aliphatic heterocycles. The van der Waals surface area contributed by atoms with Crippen LogP contribution in [-0.2, 0) is 16.1 Å². The van der Waals surface area contributed by atoms with Crippen LogP contribution >= 0.6 is 0 Å². The number of aliphatic hydroxyl groups excluding tert-OH is 2. The van der Waals surface area contributed by atoms with Crippen LogP contribution in [-0.4, -0.2) is 85.3 Å². The summed E-state index contributed by atoms with van der Waals surface area (Å²) in [5.74, 6) is -2.04. The number of nitriles is 1. The van der Waals surface area contributed by atoms with Gasteiger partial charge >= 0.3 is 6.09 Å². The third kappa shape index (κ3) is 10.7. The Bertz CT molecular complexity index is 2510. The molecule has 3 aliphatic rings. The molecule has 1 heterocycles. The molecule has 0 bridgehead atoms. The number of carbonyl (C=O) groups excluding carboxylic acids is 2. The van der Waals surface area contributed by atoms with Crippen molar-refractivity contribution >= 4 is 23.4 Å². The Labute approximate surface area is 396 Å². The van der Waals surface area contributed by atoms with Gasteiger partial charge in [0.05, 0.1) is 49.8 Å². The van der Waals surface area contributed by atoms with Crippen LogP contribution in [0, 0.1) is 34.9 Å². The number of carbonyl (C=O) groups is 2. The topological polar surface area (TPSA) is 181 Å². The summed E-state index contributed by atoms with van der Waals surface area (Å²) in [6, 6.07) is 23.7. The van der Waals surface area contributed by atoms with E-state index >= 15 is 4.79 Å². The summed E-state index contributed by atoms with van der Waals surface area (Å²) < 4.78 is 45.7. The number of halogens is 1. The Hall–Kier alpha value is -6.73. The average molecular weight is 931 g/mol. The van der Waals surface area contributed by atoms with Gasteiger partial charge in [0.1, 0.15) is 41.5 Å². The Morgan fingerprint density at radius 2 is 1.71 bits per heavy atom. The summed E-state index contributed by atoms with van der Waals surface area (Å²) in [6.07, 6.45) is 7.25. The second-order valence-electron chi connectivity index (χ2n) is 17.0. The van der Waals surface area contributed by atoms with Crippen LogP contribution in [0.25, 0.3) is 0 Å². The molecule has 0 spiro atoms. The van der Waals surface area contributed by atoms with Crippen LogP contribution in [0.5, 0.6) is 23.0 Å². The highest BCUT2D eigenvalue weighted by molar-refractivity contribution is 6.03. The lowest BCUT2D eigenvalue weighted by molar-refractivity contribution is -0.255. The molecular weight excluding hydrogens is 872 g/mol. The number of oxime groups is 1. The van der Waals surface area contributed by atoms with Crippen molar-refractivity contribution in [1.82, 2.24) is 4.90 Å². The lowest BCUT2D eigenvalue weighted by Crippen LogP contribution is -2.70. The number of amides is 2. The smallest absolute Gasteiger partial charge is 0.417 e. The molecular formula is C53H59FN4O10. The first-order valence-electron chi connectivity index (χ1n) is 23.1. The molecule has 68 heavy (non-hydrogen) atoms. The third-order valence-corrected chi connectivity index (χ3v) is 13.0. The van der Waals surface area contributed by atoms with Crippen molar-refractivity contribution in [3.8, 4) is 29.1 Å². The molecule has 1 fully saturated rings. The highest BCUT2D eigenvalue weighted by Crippen LogP contribution is 2.62. The number of nitrogens with one attached hydrogen (secondary N) is 1. The van der Waals surface area contributed by atoms with Crippen LogP contribution in [0.4, 0.5) is 14.9 Å². The van der Waals surface area contributed by atoms with Crippen LogP contribution in [0.3, 0.4) is 0 Å². The van der Waals surface area contributed by atoms with Crippen molar-refractivity contribution < 1.29 is 52.7 Å². The maximum Gasteiger partial charge on any atom is 0.417 e. The van der Waals surface area contributed by atoms with Crippen molar-refractivity contribution in [3.63, 3.8) is 0 Å². The van der Waals surface area contributed by atoms with Crippen molar-refractivity contribution in [1.29, 1.82) is 5.26 Å². The van der Waals surface area contributed by atoms with Gasteiger partial charge in [0.15, 0.2) is 0 Å². The van der Waals surface area contributed by atoms with Gasteiger partial charge < -0.3 is 43.6 Å². The number of allylic oxidation sites excluding steroid dienone is 1. The Kier molecular flexibility index (Phi) is 16.5. The summed E-state index contributed by atoms with van der Waals surface area (Å²) in [5, 5.41) is 37.1. The number of ether oxygens (including phenoxy) is 5. The lowest BCUT2D eigenvalue weighted by Gasteiger charge is -2.60. The molecule has 15 heteroatoms. The number of nitrogens with zero attached hydrogens (tertiary/aromatic N) is 3. The van der Waals surface area contributed by atoms with Crippen molar-refractivity contribution in [2.45, 2.75) is 76.2 Å². The second-order valence-corrected chi connectivity index (χ2v) is 17.0. The number of unbranched alkanes of at least 4 members (excludes halogenated alkanes) is 2. The number of fused-ring (bicyclic) bond motifs is 2. The molecule has 2 amide bonds. The monoisotopic (exact) mass is 930 g/mol. The fourth-order valence-electron chi connectivity index (χ4n) is 9.96. The highest BCUT2D eigenvalue weighted by atomic mass is 19.1. The van der Waals surface area contributed by atoms with Gasteiger partial charge in [0.25, 0.3) is 5.91 Å². The first kappa shape index (κ1) is 49.2. The van der Waals surface area contributed by atoms with Gasteiger partial charge in [0, 0.05) is 49.3 Å². The zero-order valence-electron chi connectivity index (χ0n) is 38.7. The van der Waals surface area contributed by atoms with Crippen LogP contribution < -0.4 is 24.3 Å². The molecule has 358 valence electrons. The van der Waals surface area contributed by atoms with E-state index in [-0.39, 0.29) is 62.9 Å². The van der Waals surface area contributed by atoms with E-state index in [1.807, 2.05) is 13.0 Å². The molecule has 0 unspecified atom stereocenters. The molecule has 0 saturated heterocycles. The third-order valence-electron chi connectivity index (χ3n) is 13.0. The number of aliphatic hydroxyl groups is 2. The van der Waals surface area contributed by atoms with Crippen molar-refractivity contribution in [2.75, 3.05) is 46.0 Å². The van der Waals surface area contributed by atoms with Gasteiger partial charge in [-0.3, -0.25) is 10.1 Å². The van der Waals surface area contributed by atoms with E-state index in [9.17, 15) is 24.7 Å². The van der Waals surface area contributed by atoms with E-state index in [1.165, 1.54) is 26.4 Å². The minimum Gasteiger partial charge on any atom is -0.497 e. The first-order valence-corrected chi connectivity index (χ1v) is 23.1. The van der Waals surface area contributed by atoms with E-state index in [1.54, 1.807) is 77.7 Å². The maximum atomic E-state index is 15.2. The van der Waals surface area contributed by atoms with E-state index in [0.29, 0.717) is 71.0 Å².